The zero-order valence-corrected chi connectivity index (χ0v) is 23.3. The number of halogens is 2. The first kappa shape index (κ1) is 29.5. The summed E-state index contributed by atoms with van der Waals surface area (Å²) in [5.41, 5.74) is 2.21. The van der Waals surface area contributed by atoms with Crippen LogP contribution >= 0.6 is 11.6 Å². The lowest BCUT2D eigenvalue weighted by molar-refractivity contribution is -0.122. The maximum Gasteiger partial charge on any atom is 0.269 e. The first-order chi connectivity index (χ1) is 19.5. The largest absolute Gasteiger partial charge is 0.495 e. The van der Waals surface area contributed by atoms with Crippen LogP contribution < -0.4 is 25.4 Å². The second-order valence-electron chi connectivity index (χ2n) is 8.66. The van der Waals surface area contributed by atoms with E-state index in [1.807, 2.05) is 0 Å². The molecule has 0 bridgehead atoms. The third kappa shape index (κ3) is 8.27. The molecule has 41 heavy (non-hydrogen) atoms. The van der Waals surface area contributed by atoms with Crippen LogP contribution in [-0.2, 0) is 20.7 Å². The predicted octanol–water partition coefficient (Wildman–Crippen LogP) is 5.56. The van der Waals surface area contributed by atoms with Gasteiger partial charge in [-0.3, -0.25) is 9.35 Å². The fourth-order valence-electron chi connectivity index (χ4n) is 3.60. The summed E-state index contributed by atoms with van der Waals surface area (Å²) < 4.78 is 54.1. The lowest BCUT2D eigenvalue weighted by Gasteiger charge is -2.23. The van der Waals surface area contributed by atoms with Gasteiger partial charge < -0.3 is 25.4 Å². The molecule has 0 fully saturated rings. The molecule has 0 radical (unpaired) electrons. The van der Waals surface area contributed by atoms with Gasteiger partial charge >= 0.3 is 0 Å². The first-order valence-corrected chi connectivity index (χ1v) is 14.0. The number of benzene rings is 3. The summed E-state index contributed by atoms with van der Waals surface area (Å²) in [5.74, 6) is -0.00472. The smallest absolute Gasteiger partial charge is 0.269 e. The molecule has 0 unspecified atom stereocenters. The van der Waals surface area contributed by atoms with Gasteiger partial charge in [0.05, 0.1) is 24.0 Å². The quantitative estimate of drug-likeness (QED) is 0.198. The Balaban J connectivity index is 0.000000296. The van der Waals surface area contributed by atoms with E-state index in [9.17, 15) is 17.6 Å². The minimum absolute atomic E-state index is 0.0384. The Morgan fingerprint density at radius 3 is 2.49 bits per heavy atom. The molecule has 214 valence electrons. The molecule has 1 aliphatic heterocycles. The van der Waals surface area contributed by atoms with Crippen molar-refractivity contribution < 1.29 is 31.6 Å². The lowest BCUT2D eigenvalue weighted by Crippen LogP contribution is -2.34. The van der Waals surface area contributed by atoms with E-state index in [2.05, 4.69) is 25.9 Å². The van der Waals surface area contributed by atoms with Crippen molar-refractivity contribution in [3.05, 3.63) is 89.3 Å². The average molecular weight is 602 g/mol. The molecule has 1 aliphatic rings. The number of hydrogen-bond acceptors (Lipinski definition) is 9. The molecule has 4 aromatic rings. The van der Waals surface area contributed by atoms with Crippen LogP contribution in [0.1, 0.15) is 12.5 Å². The molecule has 0 aliphatic carbocycles. The summed E-state index contributed by atoms with van der Waals surface area (Å²) in [4.78, 5) is 19.9. The Morgan fingerprint density at radius 2 is 1.80 bits per heavy atom. The number of ether oxygens (including phenoxy) is 2. The second kappa shape index (κ2) is 12.8. The molecular weight excluding hydrogens is 577 g/mol. The van der Waals surface area contributed by atoms with Crippen molar-refractivity contribution in [2.24, 2.45) is 0 Å². The van der Waals surface area contributed by atoms with E-state index in [1.54, 1.807) is 73.7 Å². The van der Waals surface area contributed by atoms with Crippen molar-refractivity contribution in [2.75, 3.05) is 23.1 Å². The van der Waals surface area contributed by atoms with E-state index in [1.165, 1.54) is 7.11 Å². The topological polar surface area (TPSA) is 152 Å². The standard InChI is InChI=1S/C20H17ClFN5O3.C7H8O3S/c1-10-19(28)26-15-8-12(4-6-17(15)30-10)24-18-14(22)9-23-20(27-18)25-11-3-5-16(29-2)13(21)7-11;8-11(9,10)6-7-4-2-1-3-5-7/h3-10H,1-2H3,(H,26,28)(H2,23,24,25,27);1-5H,6H2,(H,8,9,10)/t10-;/m1./s1. The van der Waals surface area contributed by atoms with Gasteiger partial charge in [-0.15, -0.1) is 0 Å². The number of anilines is 5. The van der Waals surface area contributed by atoms with Crippen LogP contribution in [0.3, 0.4) is 0 Å². The van der Waals surface area contributed by atoms with Crippen molar-refractivity contribution in [3.63, 3.8) is 0 Å². The third-order valence-corrected chi connectivity index (χ3v) is 6.51. The fourth-order valence-corrected chi connectivity index (χ4v) is 4.47. The molecule has 2 heterocycles. The highest BCUT2D eigenvalue weighted by molar-refractivity contribution is 7.85. The number of amides is 1. The average Bonchev–Trinajstić information content (AvgIpc) is 2.91. The SMILES string of the molecule is COc1ccc(Nc2ncc(F)c(Nc3ccc4c(c3)NC(=O)[C@@H](C)O4)n2)cc1Cl.O=S(=O)(O)Cc1ccccc1. The molecule has 1 atom stereocenters. The van der Waals surface area contributed by atoms with Crippen LogP contribution in [0.25, 0.3) is 0 Å². The van der Waals surface area contributed by atoms with Gasteiger partial charge in [-0.25, -0.2) is 9.37 Å². The van der Waals surface area contributed by atoms with Crippen LogP contribution in [0.2, 0.25) is 5.02 Å². The molecule has 3 aromatic carbocycles. The summed E-state index contributed by atoms with van der Waals surface area (Å²) in [7, 11) is -2.36. The highest BCUT2D eigenvalue weighted by Gasteiger charge is 2.23. The highest BCUT2D eigenvalue weighted by atomic mass is 35.5. The molecule has 0 saturated carbocycles. The maximum atomic E-state index is 14.3. The number of rotatable bonds is 7. The summed E-state index contributed by atoms with van der Waals surface area (Å²) in [5, 5.41) is 9.01. The Kier molecular flexibility index (Phi) is 9.22. The molecule has 0 spiro atoms. The van der Waals surface area contributed by atoms with Gasteiger partial charge in [-0.05, 0) is 48.9 Å². The Hall–Kier alpha value is -4.46. The van der Waals surface area contributed by atoms with Gasteiger partial charge in [0.15, 0.2) is 17.7 Å². The molecule has 4 N–H and O–H groups in total. The van der Waals surface area contributed by atoms with E-state index in [0.717, 1.165) is 6.20 Å². The summed E-state index contributed by atoms with van der Waals surface area (Å²) in [6.07, 6.45) is 0.476. The predicted molar refractivity (Wildman–Crippen MR) is 153 cm³/mol. The van der Waals surface area contributed by atoms with E-state index >= 15 is 0 Å². The van der Waals surface area contributed by atoms with Gasteiger partial charge in [-0.1, -0.05) is 41.9 Å². The highest BCUT2D eigenvalue weighted by Crippen LogP contribution is 2.33. The fraction of sp³-hybridized carbons (Fsp3) is 0.148. The summed E-state index contributed by atoms with van der Waals surface area (Å²) in [6, 6.07) is 18.6. The van der Waals surface area contributed by atoms with Crippen molar-refractivity contribution in [2.45, 2.75) is 18.8 Å². The molecular formula is C27H25ClFN5O6S. The molecule has 0 saturated heterocycles. The number of methoxy groups -OCH3 is 1. The molecule has 1 aromatic heterocycles. The minimum Gasteiger partial charge on any atom is -0.495 e. The van der Waals surface area contributed by atoms with E-state index in [-0.39, 0.29) is 23.4 Å². The van der Waals surface area contributed by atoms with Gasteiger partial charge in [0.25, 0.3) is 16.0 Å². The van der Waals surface area contributed by atoms with Crippen molar-refractivity contribution >= 4 is 56.5 Å². The van der Waals surface area contributed by atoms with E-state index in [4.69, 9.17) is 25.6 Å². The van der Waals surface area contributed by atoms with Crippen LogP contribution in [0.5, 0.6) is 11.5 Å². The van der Waals surface area contributed by atoms with Gasteiger partial charge in [0, 0.05) is 11.4 Å². The van der Waals surface area contributed by atoms with Gasteiger partial charge in [0.2, 0.25) is 5.95 Å². The monoisotopic (exact) mass is 601 g/mol. The normalized spacial score (nSPS) is 14.0. The number of fused-ring (bicyclic) bond motifs is 1. The maximum absolute atomic E-state index is 14.3. The summed E-state index contributed by atoms with van der Waals surface area (Å²) >= 11 is 6.12. The van der Waals surface area contributed by atoms with Crippen LogP contribution in [0.15, 0.2) is 72.9 Å². The number of carbonyl (C=O) groups is 1. The molecule has 11 nitrogen and oxygen atoms in total. The van der Waals surface area contributed by atoms with Gasteiger partial charge in [0.1, 0.15) is 17.3 Å². The van der Waals surface area contributed by atoms with Crippen LogP contribution in [0, 0.1) is 5.82 Å². The van der Waals surface area contributed by atoms with Gasteiger partial charge in [-0.2, -0.15) is 13.4 Å². The summed E-state index contributed by atoms with van der Waals surface area (Å²) in [6.45, 7) is 1.66. The number of aromatic nitrogens is 2. The zero-order valence-electron chi connectivity index (χ0n) is 21.8. The lowest BCUT2D eigenvalue weighted by atomic mass is 10.2. The number of carbonyl (C=O) groups excluding carboxylic acids is 1. The Morgan fingerprint density at radius 1 is 1.10 bits per heavy atom. The zero-order chi connectivity index (χ0) is 29.6. The number of nitrogens with one attached hydrogen (secondary N) is 3. The molecule has 5 rings (SSSR count). The van der Waals surface area contributed by atoms with Crippen molar-refractivity contribution in [1.29, 1.82) is 0 Å². The number of nitrogens with zero attached hydrogens (tertiary/aromatic N) is 2. The van der Waals surface area contributed by atoms with Crippen molar-refractivity contribution in [1.82, 2.24) is 9.97 Å². The minimum atomic E-state index is -3.88. The van der Waals surface area contributed by atoms with Crippen molar-refractivity contribution in [3.8, 4) is 11.5 Å². The third-order valence-electron chi connectivity index (χ3n) is 5.52. The first-order valence-electron chi connectivity index (χ1n) is 12.0. The molecule has 1 amide bonds. The Bertz CT molecular complexity index is 1660. The molecule has 14 heteroatoms. The second-order valence-corrected chi connectivity index (χ2v) is 10.5. The van der Waals surface area contributed by atoms with Crippen LogP contribution in [-0.4, -0.2) is 42.1 Å². The Labute approximate surface area is 240 Å². The van der Waals surface area contributed by atoms with Crippen LogP contribution in [0.4, 0.5) is 33.2 Å². The van der Waals surface area contributed by atoms with E-state index in [0.29, 0.717) is 39.1 Å². The number of hydrogen-bond donors (Lipinski definition) is 4. The van der Waals surface area contributed by atoms with E-state index < -0.39 is 22.0 Å².